The fourth-order valence-corrected chi connectivity index (χ4v) is 5.54. The van der Waals surface area contributed by atoms with Crippen LogP contribution in [0.5, 0.6) is 0 Å². The first kappa shape index (κ1) is 22.2. The highest BCUT2D eigenvalue weighted by Crippen LogP contribution is 2.25. The van der Waals surface area contributed by atoms with Crippen LogP contribution < -0.4 is 0 Å². The molecule has 4 rings (SSSR count). The van der Waals surface area contributed by atoms with Gasteiger partial charge in [0.2, 0.25) is 5.91 Å². The van der Waals surface area contributed by atoms with Gasteiger partial charge in [-0.2, -0.15) is 4.31 Å². The second kappa shape index (κ2) is 10.1. The number of benzene rings is 2. The van der Waals surface area contributed by atoms with E-state index in [1.54, 1.807) is 0 Å². The normalized spacial score (nSPS) is 17.2. The molecule has 1 amide bonds. The molecular formula is C24H28N4O3S. The third kappa shape index (κ3) is 5.26. The van der Waals surface area contributed by atoms with Gasteiger partial charge < -0.3 is 9.88 Å². The number of H-pyrrole nitrogens is 1. The van der Waals surface area contributed by atoms with Crippen LogP contribution in [0, 0.1) is 5.92 Å². The molecule has 1 saturated heterocycles. The quantitative estimate of drug-likeness (QED) is 0.569. The molecule has 1 fully saturated rings. The molecule has 1 atom stereocenters. The summed E-state index contributed by atoms with van der Waals surface area (Å²) in [4.78, 5) is 21.9. The lowest BCUT2D eigenvalue weighted by Crippen LogP contribution is -2.47. The smallest absolute Gasteiger partial charge is 0.260 e. The van der Waals surface area contributed by atoms with E-state index in [-0.39, 0.29) is 23.4 Å². The van der Waals surface area contributed by atoms with Gasteiger partial charge in [0.15, 0.2) is 5.03 Å². The number of imidazole rings is 1. The lowest BCUT2D eigenvalue weighted by atomic mass is 9.97. The van der Waals surface area contributed by atoms with Gasteiger partial charge in [0, 0.05) is 26.2 Å². The summed E-state index contributed by atoms with van der Waals surface area (Å²) in [5, 5.41) is 0.0656. The number of carbonyl (C=O) groups is 1. The Kier molecular flexibility index (Phi) is 7.02. The third-order valence-corrected chi connectivity index (χ3v) is 7.66. The number of carbonyl (C=O) groups excluding carboxylic acids is 1. The van der Waals surface area contributed by atoms with Crippen molar-refractivity contribution >= 4 is 15.9 Å². The molecule has 8 heteroatoms. The van der Waals surface area contributed by atoms with Crippen molar-refractivity contribution in [3.05, 3.63) is 84.3 Å². The summed E-state index contributed by atoms with van der Waals surface area (Å²) < 4.78 is 27.2. The van der Waals surface area contributed by atoms with Crippen molar-refractivity contribution in [3.8, 4) is 0 Å². The van der Waals surface area contributed by atoms with Crippen molar-refractivity contribution in [2.24, 2.45) is 5.92 Å². The molecule has 2 heterocycles. The largest absolute Gasteiger partial charge is 0.338 e. The van der Waals surface area contributed by atoms with Crippen LogP contribution in [0.2, 0.25) is 0 Å². The van der Waals surface area contributed by atoms with Crippen LogP contribution >= 0.6 is 0 Å². The minimum absolute atomic E-state index is 0.00861. The highest BCUT2D eigenvalue weighted by molar-refractivity contribution is 7.89. The number of rotatable bonds is 8. The number of piperidine rings is 1. The number of hydrogen-bond donors (Lipinski definition) is 1. The SMILES string of the molecule is O=C([C@@H]1CCCN(S(=O)(=O)c2cnc[nH]2)C1)N(CCc1ccccc1)Cc1ccccc1. The molecular weight excluding hydrogens is 424 g/mol. The Morgan fingerprint density at radius 2 is 1.75 bits per heavy atom. The number of nitrogens with one attached hydrogen (secondary N) is 1. The molecule has 0 radical (unpaired) electrons. The Hall–Kier alpha value is -2.97. The number of aromatic amines is 1. The topological polar surface area (TPSA) is 86.4 Å². The molecule has 0 unspecified atom stereocenters. The average molecular weight is 453 g/mol. The summed E-state index contributed by atoms with van der Waals surface area (Å²) in [6.07, 6.45) is 4.75. The summed E-state index contributed by atoms with van der Waals surface area (Å²) >= 11 is 0. The zero-order chi connectivity index (χ0) is 22.4. The Labute approximate surface area is 189 Å². The molecule has 32 heavy (non-hydrogen) atoms. The molecule has 1 aliphatic heterocycles. The van der Waals surface area contributed by atoms with Crippen LogP contribution in [0.4, 0.5) is 0 Å². The van der Waals surface area contributed by atoms with Gasteiger partial charge in [-0.15, -0.1) is 0 Å². The zero-order valence-corrected chi connectivity index (χ0v) is 18.7. The van der Waals surface area contributed by atoms with E-state index in [4.69, 9.17) is 0 Å². The summed E-state index contributed by atoms with van der Waals surface area (Å²) in [7, 11) is -3.68. The van der Waals surface area contributed by atoms with Gasteiger partial charge in [-0.05, 0) is 30.4 Å². The van der Waals surface area contributed by atoms with E-state index in [0.717, 1.165) is 12.0 Å². The van der Waals surface area contributed by atoms with Crippen molar-refractivity contribution in [1.29, 1.82) is 0 Å². The van der Waals surface area contributed by atoms with Gasteiger partial charge in [-0.1, -0.05) is 60.7 Å². The van der Waals surface area contributed by atoms with Gasteiger partial charge in [0.05, 0.1) is 18.4 Å². The molecule has 1 aromatic heterocycles. The van der Waals surface area contributed by atoms with E-state index in [1.807, 2.05) is 53.4 Å². The minimum Gasteiger partial charge on any atom is -0.338 e. The molecule has 168 valence electrons. The number of amides is 1. The lowest BCUT2D eigenvalue weighted by Gasteiger charge is -2.34. The van der Waals surface area contributed by atoms with Crippen molar-refractivity contribution in [2.45, 2.75) is 30.8 Å². The van der Waals surface area contributed by atoms with Gasteiger partial charge in [0.25, 0.3) is 10.0 Å². The maximum absolute atomic E-state index is 13.6. The van der Waals surface area contributed by atoms with Crippen LogP contribution in [0.25, 0.3) is 0 Å². The highest BCUT2D eigenvalue weighted by Gasteiger charge is 2.35. The average Bonchev–Trinajstić information content (AvgIpc) is 3.39. The third-order valence-electron chi connectivity index (χ3n) is 5.87. The maximum Gasteiger partial charge on any atom is 0.260 e. The molecule has 1 N–H and O–H groups in total. The molecule has 0 aliphatic carbocycles. The van der Waals surface area contributed by atoms with Gasteiger partial charge in [0.1, 0.15) is 0 Å². The first-order chi connectivity index (χ1) is 15.5. The monoisotopic (exact) mass is 452 g/mol. The van der Waals surface area contributed by atoms with Crippen LogP contribution in [0.15, 0.2) is 78.2 Å². The molecule has 0 saturated carbocycles. The van der Waals surface area contributed by atoms with Gasteiger partial charge in [-0.25, -0.2) is 13.4 Å². The Balaban J connectivity index is 1.50. The van der Waals surface area contributed by atoms with E-state index in [1.165, 1.54) is 22.4 Å². The Morgan fingerprint density at radius 3 is 2.41 bits per heavy atom. The predicted octanol–water partition coefficient (Wildman–Crippen LogP) is 3.08. The van der Waals surface area contributed by atoms with Crippen molar-refractivity contribution in [1.82, 2.24) is 19.2 Å². The highest BCUT2D eigenvalue weighted by atomic mass is 32.2. The number of hydrogen-bond acceptors (Lipinski definition) is 4. The molecule has 3 aromatic rings. The van der Waals surface area contributed by atoms with E-state index >= 15 is 0 Å². The van der Waals surface area contributed by atoms with Crippen LogP contribution in [0.3, 0.4) is 0 Å². The zero-order valence-electron chi connectivity index (χ0n) is 17.9. The number of aromatic nitrogens is 2. The first-order valence-electron chi connectivity index (χ1n) is 10.9. The first-order valence-corrected chi connectivity index (χ1v) is 12.3. The summed E-state index contributed by atoms with van der Waals surface area (Å²) in [5.41, 5.74) is 2.23. The standard InChI is InChI=1S/C24H28N4O3S/c29-24(22-12-7-14-28(18-22)32(30,31)23-16-25-19-26-23)27(17-21-10-5-2-6-11-21)15-13-20-8-3-1-4-9-20/h1-6,8-11,16,19,22H,7,12-15,17-18H2,(H,25,26)/t22-/m1/s1. The number of nitrogens with zero attached hydrogens (tertiary/aromatic N) is 3. The predicted molar refractivity (Wildman–Crippen MR) is 122 cm³/mol. The van der Waals surface area contributed by atoms with E-state index in [9.17, 15) is 13.2 Å². The fraction of sp³-hybridized carbons (Fsp3) is 0.333. The van der Waals surface area contributed by atoms with Gasteiger partial charge in [-0.3, -0.25) is 4.79 Å². The molecule has 7 nitrogen and oxygen atoms in total. The molecule has 1 aliphatic rings. The minimum atomic E-state index is -3.68. The van der Waals surface area contributed by atoms with Crippen LogP contribution in [-0.4, -0.2) is 53.1 Å². The number of sulfonamides is 1. The van der Waals surface area contributed by atoms with E-state index in [0.29, 0.717) is 32.5 Å². The van der Waals surface area contributed by atoms with E-state index < -0.39 is 10.0 Å². The van der Waals surface area contributed by atoms with Crippen molar-refractivity contribution in [3.63, 3.8) is 0 Å². The Morgan fingerprint density at radius 1 is 1.06 bits per heavy atom. The summed E-state index contributed by atoms with van der Waals surface area (Å²) in [6.45, 7) is 1.70. The van der Waals surface area contributed by atoms with Crippen LogP contribution in [-0.2, 0) is 27.8 Å². The lowest BCUT2D eigenvalue weighted by molar-refractivity contribution is -0.137. The molecule has 0 spiro atoms. The molecule has 0 bridgehead atoms. The maximum atomic E-state index is 13.6. The van der Waals surface area contributed by atoms with Crippen LogP contribution in [0.1, 0.15) is 24.0 Å². The Bertz CT molecular complexity index is 1100. The second-order valence-corrected chi connectivity index (χ2v) is 10.0. The van der Waals surface area contributed by atoms with Crippen molar-refractivity contribution < 1.29 is 13.2 Å². The summed E-state index contributed by atoms with van der Waals surface area (Å²) in [6, 6.07) is 20.0. The molecule has 2 aromatic carbocycles. The second-order valence-electron chi connectivity index (χ2n) is 8.10. The fourth-order valence-electron chi connectivity index (χ4n) is 4.12. The van der Waals surface area contributed by atoms with Gasteiger partial charge >= 0.3 is 0 Å². The van der Waals surface area contributed by atoms with E-state index in [2.05, 4.69) is 22.1 Å². The van der Waals surface area contributed by atoms with Crippen molar-refractivity contribution in [2.75, 3.05) is 19.6 Å². The summed E-state index contributed by atoms with van der Waals surface area (Å²) in [5.74, 6) is -0.352.